The molecule has 8 heteroatoms. The summed E-state index contributed by atoms with van der Waals surface area (Å²) in [4.78, 5) is 22.6. The van der Waals surface area contributed by atoms with Gasteiger partial charge in [-0.1, -0.05) is 0 Å². The number of nitrogen functional groups attached to an aromatic ring is 1. The Morgan fingerprint density at radius 3 is 2.60 bits per heavy atom. The van der Waals surface area contributed by atoms with Crippen LogP contribution in [-0.2, 0) is 4.79 Å². The van der Waals surface area contributed by atoms with Gasteiger partial charge in [0.2, 0.25) is 11.9 Å². The van der Waals surface area contributed by atoms with Crippen molar-refractivity contribution in [2.45, 2.75) is 19.8 Å². The van der Waals surface area contributed by atoms with Gasteiger partial charge in [0.15, 0.2) is 0 Å². The van der Waals surface area contributed by atoms with Crippen LogP contribution in [0.5, 0.6) is 0 Å². The van der Waals surface area contributed by atoms with E-state index < -0.39 is 11.6 Å². The maximum Gasteiger partial charge on any atom is 0.227 e. The van der Waals surface area contributed by atoms with Crippen LogP contribution < -0.4 is 16.0 Å². The van der Waals surface area contributed by atoms with Gasteiger partial charge in [0.05, 0.1) is 5.69 Å². The molecule has 0 aliphatic carbocycles. The monoisotopic (exact) mass is 347 g/mol. The molecule has 1 aliphatic heterocycles. The molecule has 2 aromatic rings. The zero-order valence-corrected chi connectivity index (χ0v) is 13.8. The van der Waals surface area contributed by atoms with Crippen molar-refractivity contribution in [3.8, 4) is 0 Å². The molecule has 2 heterocycles. The van der Waals surface area contributed by atoms with E-state index in [0.29, 0.717) is 25.9 Å². The molecular weight excluding hydrogens is 328 g/mol. The van der Waals surface area contributed by atoms with Crippen LogP contribution in [0.1, 0.15) is 18.5 Å². The fourth-order valence-electron chi connectivity index (χ4n) is 2.93. The first-order valence-electron chi connectivity index (χ1n) is 8.04. The average Bonchev–Trinajstić information content (AvgIpc) is 2.56. The van der Waals surface area contributed by atoms with Crippen LogP contribution in [-0.4, -0.2) is 29.0 Å². The third kappa shape index (κ3) is 4.01. The molecule has 25 heavy (non-hydrogen) atoms. The van der Waals surface area contributed by atoms with Crippen molar-refractivity contribution in [1.29, 1.82) is 0 Å². The Morgan fingerprint density at radius 2 is 1.96 bits per heavy atom. The number of benzene rings is 1. The number of hydrogen-bond donors (Lipinski definition) is 2. The lowest BCUT2D eigenvalue weighted by molar-refractivity contribution is -0.120. The second kappa shape index (κ2) is 7.00. The number of anilines is 3. The number of carbonyl (C=O) groups is 1. The molecular formula is C17H19F2N5O. The molecule has 1 aromatic heterocycles. The van der Waals surface area contributed by atoms with Crippen molar-refractivity contribution in [2.75, 3.05) is 29.0 Å². The fraction of sp³-hybridized carbons (Fsp3) is 0.353. The van der Waals surface area contributed by atoms with Crippen LogP contribution in [0.4, 0.5) is 26.2 Å². The van der Waals surface area contributed by atoms with E-state index in [1.165, 1.54) is 6.07 Å². The van der Waals surface area contributed by atoms with E-state index in [4.69, 9.17) is 5.73 Å². The summed E-state index contributed by atoms with van der Waals surface area (Å²) in [6.45, 7) is 3.12. The molecule has 0 saturated carbocycles. The Hall–Kier alpha value is -2.77. The first kappa shape index (κ1) is 17.1. The lowest BCUT2D eigenvalue weighted by Gasteiger charge is -2.32. The molecule has 3 N–H and O–H groups in total. The molecule has 1 saturated heterocycles. The summed E-state index contributed by atoms with van der Waals surface area (Å²) in [5, 5.41) is 2.54. The molecule has 1 fully saturated rings. The van der Waals surface area contributed by atoms with Gasteiger partial charge < -0.3 is 16.0 Å². The number of nitrogens with one attached hydrogen (secondary N) is 1. The van der Waals surface area contributed by atoms with E-state index in [0.717, 1.165) is 23.6 Å². The van der Waals surface area contributed by atoms with E-state index in [2.05, 4.69) is 15.3 Å². The van der Waals surface area contributed by atoms with Gasteiger partial charge in [-0.15, -0.1) is 0 Å². The number of nitrogens with two attached hydrogens (primary N) is 1. The minimum absolute atomic E-state index is 0.00646. The van der Waals surface area contributed by atoms with Crippen molar-refractivity contribution >= 4 is 23.4 Å². The van der Waals surface area contributed by atoms with E-state index in [9.17, 15) is 13.6 Å². The molecule has 132 valence electrons. The van der Waals surface area contributed by atoms with Crippen molar-refractivity contribution in [3.05, 3.63) is 41.6 Å². The number of hydrogen-bond acceptors (Lipinski definition) is 5. The number of carbonyl (C=O) groups excluding carboxylic acids is 1. The summed E-state index contributed by atoms with van der Waals surface area (Å²) < 4.78 is 26.6. The number of aromatic nitrogens is 2. The van der Waals surface area contributed by atoms with E-state index in [1.54, 1.807) is 0 Å². The van der Waals surface area contributed by atoms with Gasteiger partial charge in [0, 0.05) is 36.8 Å². The summed E-state index contributed by atoms with van der Waals surface area (Å²) in [7, 11) is 0. The molecule has 0 spiro atoms. The predicted octanol–water partition coefficient (Wildman–Crippen LogP) is 2.50. The summed E-state index contributed by atoms with van der Waals surface area (Å²) in [5.41, 5.74) is 6.46. The number of rotatable bonds is 3. The molecule has 6 nitrogen and oxygen atoms in total. The van der Waals surface area contributed by atoms with Gasteiger partial charge >= 0.3 is 0 Å². The molecule has 1 aliphatic rings. The Bertz CT molecular complexity index is 770. The molecule has 0 atom stereocenters. The number of nitrogens with zero attached hydrogens (tertiary/aromatic N) is 3. The fourth-order valence-corrected chi connectivity index (χ4v) is 2.93. The molecule has 0 bridgehead atoms. The molecule has 0 radical (unpaired) electrons. The summed E-state index contributed by atoms with van der Waals surface area (Å²) in [5.74, 6) is -0.986. The maximum absolute atomic E-state index is 13.6. The Labute approximate surface area is 144 Å². The van der Waals surface area contributed by atoms with Crippen molar-refractivity contribution in [2.24, 2.45) is 5.92 Å². The molecule has 1 amide bonds. The van der Waals surface area contributed by atoms with Gasteiger partial charge in [-0.05, 0) is 31.9 Å². The maximum atomic E-state index is 13.6. The van der Waals surface area contributed by atoms with Crippen LogP contribution in [0.2, 0.25) is 0 Å². The highest BCUT2D eigenvalue weighted by molar-refractivity contribution is 5.92. The third-order valence-corrected chi connectivity index (χ3v) is 4.24. The number of amides is 1. The van der Waals surface area contributed by atoms with E-state index >= 15 is 0 Å². The molecule has 3 rings (SSSR count). The van der Waals surface area contributed by atoms with Crippen molar-refractivity contribution < 1.29 is 13.6 Å². The van der Waals surface area contributed by atoms with Gasteiger partial charge in [-0.3, -0.25) is 4.79 Å². The van der Waals surface area contributed by atoms with Crippen LogP contribution >= 0.6 is 0 Å². The highest BCUT2D eigenvalue weighted by Crippen LogP contribution is 2.24. The van der Waals surface area contributed by atoms with Gasteiger partial charge in [-0.25, -0.2) is 13.8 Å². The average molecular weight is 347 g/mol. The Kier molecular flexibility index (Phi) is 4.78. The Morgan fingerprint density at radius 1 is 1.24 bits per heavy atom. The van der Waals surface area contributed by atoms with E-state index in [1.807, 2.05) is 17.9 Å². The summed E-state index contributed by atoms with van der Waals surface area (Å²) >= 11 is 0. The zero-order chi connectivity index (χ0) is 18.0. The first-order chi connectivity index (χ1) is 11.9. The molecule has 1 aromatic carbocycles. The van der Waals surface area contributed by atoms with Crippen LogP contribution in [0.25, 0.3) is 0 Å². The van der Waals surface area contributed by atoms with Crippen LogP contribution in [0, 0.1) is 24.5 Å². The van der Waals surface area contributed by atoms with Gasteiger partial charge in [-0.2, -0.15) is 4.98 Å². The largest absolute Gasteiger partial charge is 0.368 e. The SMILES string of the molecule is Cc1cc(N2CCC(C(=O)Nc3ccc(F)cc3F)CC2)nc(N)n1. The standard InChI is InChI=1S/C17H19F2N5O/c1-10-8-15(23-17(20)21-10)24-6-4-11(5-7-24)16(25)22-14-3-2-12(18)9-13(14)19/h2-3,8-9,11H,4-7H2,1H3,(H,22,25)(H2,20,21,23). The minimum Gasteiger partial charge on any atom is -0.368 e. The molecule has 0 unspecified atom stereocenters. The first-order valence-corrected chi connectivity index (χ1v) is 8.04. The predicted molar refractivity (Wildman–Crippen MR) is 91.1 cm³/mol. The highest BCUT2D eigenvalue weighted by Gasteiger charge is 2.26. The summed E-state index contributed by atoms with van der Waals surface area (Å²) in [6.07, 6.45) is 1.22. The minimum atomic E-state index is -0.780. The Balaban J connectivity index is 1.60. The quantitative estimate of drug-likeness (QED) is 0.891. The number of piperidine rings is 1. The smallest absolute Gasteiger partial charge is 0.227 e. The van der Waals surface area contributed by atoms with Gasteiger partial charge in [0.25, 0.3) is 0 Å². The van der Waals surface area contributed by atoms with Gasteiger partial charge in [0.1, 0.15) is 17.5 Å². The normalized spacial score (nSPS) is 15.2. The second-order valence-electron chi connectivity index (χ2n) is 6.10. The number of halogens is 2. The lowest BCUT2D eigenvalue weighted by Crippen LogP contribution is -2.38. The number of aryl methyl sites for hydroxylation is 1. The summed E-state index contributed by atoms with van der Waals surface area (Å²) in [6, 6.07) is 4.94. The highest BCUT2D eigenvalue weighted by atomic mass is 19.1. The van der Waals surface area contributed by atoms with Crippen molar-refractivity contribution in [1.82, 2.24) is 9.97 Å². The lowest BCUT2D eigenvalue weighted by atomic mass is 9.95. The topological polar surface area (TPSA) is 84.1 Å². The zero-order valence-electron chi connectivity index (χ0n) is 13.8. The van der Waals surface area contributed by atoms with E-state index in [-0.39, 0.29) is 23.5 Å². The second-order valence-corrected chi connectivity index (χ2v) is 6.10. The van der Waals surface area contributed by atoms with Crippen LogP contribution in [0.3, 0.4) is 0 Å². The third-order valence-electron chi connectivity index (χ3n) is 4.24. The van der Waals surface area contributed by atoms with Crippen LogP contribution in [0.15, 0.2) is 24.3 Å². The van der Waals surface area contributed by atoms with Crippen molar-refractivity contribution in [3.63, 3.8) is 0 Å².